The molecule has 0 bridgehead atoms. The van der Waals surface area contributed by atoms with Gasteiger partial charge in [-0.05, 0) is 24.4 Å². The van der Waals surface area contributed by atoms with Crippen LogP contribution >= 0.6 is 0 Å². The lowest BCUT2D eigenvalue weighted by Crippen LogP contribution is -2.17. The summed E-state index contributed by atoms with van der Waals surface area (Å²) in [4.78, 5) is 0. The first-order valence-corrected chi connectivity index (χ1v) is 10.2. The molecule has 0 heterocycles. The zero-order valence-corrected chi connectivity index (χ0v) is 12.3. The van der Waals surface area contributed by atoms with Crippen molar-refractivity contribution >= 4 is 14.1 Å². The van der Waals surface area contributed by atoms with Gasteiger partial charge in [0.15, 0.2) is 0 Å². The molecule has 0 fully saturated rings. The van der Waals surface area contributed by atoms with Crippen LogP contribution in [-0.2, 0) is 0 Å². The number of hydrogen-bond donors (Lipinski definition) is 0. The molecule has 0 N–H and O–H groups in total. The predicted molar refractivity (Wildman–Crippen MR) is 82.0 cm³/mol. The molecule has 1 heteroatoms. The van der Waals surface area contributed by atoms with Gasteiger partial charge in [0.2, 0.25) is 0 Å². The SMILES string of the molecule is C[Si](C)(C)CC=CCCC=Cc1ccccc1. The summed E-state index contributed by atoms with van der Waals surface area (Å²) in [6.45, 7) is 7.23. The molecule has 1 aromatic rings. The lowest BCUT2D eigenvalue weighted by molar-refractivity contribution is 1.05. The van der Waals surface area contributed by atoms with E-state index in [2.05, 4.69) is 74.3 Å². The zero-order valence-electron chi connectivity index (χ0n) is 11.3. The Kier molecular flexibility index (Phi) is 5.99. The number of allylic oxidation sites excluding steroid dienone is 3. The Morgan fingerprint density at radius 1 is 0.882 bits per heavy atom. The molecule has 0 atom stereocenters. The van der Waals surface area contributed by atoms with Gasteiger partial charge in [-0.15, -0.1) is 0 Å². The molecule has 0 aliphatic carbocycles. The standard InChI is InChI=1S/C16H24Si/c1-17(2,3)15-11-6-4-5-8-12-16-13-9-7-10-14-16/h6-14H,4-5,15H2,1-3H3. The average Bonchev–Trinajstić information content (AvgIpc) is 2.28. The lowest BCUT2D eigenvalue weighted by Gasteiger charge is -2.11. The maximum absolute atomic E-state index is 2.41. The maximum Gasteiger partial charge on any atom is 0.0480 e. The van der Waals surface area contributed by atoms with Crippen molar-refractivity contribution in [1.29, 1.82) is 0 Å². The third-order valence-electron chi connectivity index (χ3n) is 2.51. The van der Waals surface area contributed by atoms with Crippen molar-refractivity contribution in [3.63, 3.8) is 0 Å². The quantitative estimate of drug-likeness (QED) is 0.358. The number of rotatable bonds is 6. The van der Waals surface area contributed by atoms with Crippen molar-refractivity contribution in [3.05, 3.63) is 54.1 Å². The van der Waals surface area contributed by atoms with Gasteiger partial charge in [-0.1, -0.05) is 74.3 Å². The highest BCUT2D eigenvalue weighted by atomic mass is 28.3. The van der Waals surface area contributed by atoms with E-state index in [4.69, 9.17) is 0 Å². The molecule has 17 heavy (non-hydrogen) atoms. The molecule has 0 aliphatic rings. The normalized spacial score (nSPS) is 12.6. The minimum absolute atomic E-state index is 0.883. The third-order valence-corrected chi connectivity index (χ3v) is 3.97. The van der Waals surface area contributed by atoms with Crippen molar-refractivity contribution in [2.75, 3.05) is 0 Å². The van der Waals surface area contributed by atoms with Crippen molar-refractivity contribution in [2.45, 2.75) is 38.5 Å². The monoisotopic (exact) mass is 244 g/mol. The molecule has 0 unspecified atom stereocenters. The second-order valence-corrected chi connectivity index (χ2v) is 11.2. The Balaban J connectivity index is 2.18. The molecule has 0 aliphatic heterocycles. The second kappa shape index (κ2) is 7.28. The molecule has 0 nitrogen and oxygen atoms in total. The highest BCUT2D eigenvalue weighted by Gasteiger charge is 2.08. The first-order valence-electron chi connectivity index (χ1n) is 6.44. The van der Waals surface area contributed by atoms with Gasteiger partial charge < -0.3 is 0 Å². The summed E-state index contributed by atoms with van der Waals surface area (Å²) in [6.07, 6.45) is 11.4. The van der Waals surface area contributed by atoms with Crippen LogP contribution in [0.3, 0.4) is 0 Å². The highest BCUT2D eigenvalue weighted by Crippen LogP contribution is 2.09. The maximum atomic E-state index is 2.41. The van der Waals surface area contributed by atoms with Crippen LogP contribution in [0.25, 0.3) is 6.08 Å². The first kappa shape index (κ1) is 14.0. The molecule has 0 aromatic heterocycles. The Morgan fingerprint density at radius 2 is 1.53 bits per heavy atom. The largest absolute Gasteiger partial charge is 0.0912 e. The van der Waals surface area contributed by atoms with E-state index >= 15 is 0 Å². The highest BCUT2D eigenvalue weighted by molar-refractivity contribution is 6.76. The van der Waals surface area contributed by atoms with E-state index < -0.39 is 8.07 Å². The fourth-order valence-corrected chi connectivity index (χ4v) is 2.40. The van der Waals surface area contributed by atoms with Crippen molar-refractivity contribution in [1.82, 2.24) is 0 Å². The topological polar surface area (TPSA) is 0 Å². The van der Waals surface area contributed by atoms with Gasteiger partial charge in [0, 0.05) is 8.07 Å². The van der Waals surface area contributed by atoms with Crippen LogP contribution in [0.15, 0.2) is 48.6 Å². The van der Waals surface area contributed by atoms with Crippen LogP contribution in [0, 0.1) is 0 Å². The molecule has 0 spiro atoms. The molecular weight excluding hydrogens is 220 g/mol. The summed E-state index contributed by atoms with van der Waals surface area (Å²) >= 11 is 0. The molecule has 1 rings (SSSR count). The summed E-state index contributed by atoms with van der Waals surface area (Å²) in [5.74, 6) is 0. The van der Waals surface area contributed by atoms with Crippen LogP contribution < -0.4 is 0 Å². The molecule has 0 radical (unpaired) electrons. The van der Waals surface area contributed by atoms with Crippen molar-refractivity contribution < 1.29 is 0 Å². The summed E-state index contributed by atoms with van der Waals surface area (Å²) in [5, 5.41) is 0. The summed E-state index contributed by atoms with van der Waals surface area (Å²) in [6, 6.07) is 11.8. The van der Waals surface area contributed by atoms with Gasteiger partial charge in [-0.3, -0.25) is 0 Å². The summed E-state index contributed by atoms with van der Waals surface area (Å²) in [7, 11) is -0.883. The van der Waals surface area contributed by atoms with Crippen LogP contribution in [0.4, 0.5) is 0 Å². The van der Waals surface area contributed by atoms with Crippen LogP contribution in [0.1, 0.15) is 18.4 Å². The summed E-state index contributed by atoms with van der Waals surface area (Å²) in [5.41, 5.74) is 1.29. The van der Waals surface area contributed by atoms with Crippen LogP contribution in [-0.4, -0.2) is 8.07 Å². The molecule has 0 saturated carbocycles. The van der Waals surface area contributed by atoms with Gasteiger partial charge in [-0.25, -0.2) is 0 Å². The van der Waals surface area contributed by atoms with E-state index in [9.17, 15) is 0 Å². The fourth-order valence-electron chi connectivity index (χ4n) is 1.53. The molecule has 92 valence electrons. The van der Waals surface area contributed by atoms with Gasteiger partial charge >= 0.3 is 0 Å². The van der Waals surface area contributed by atoms with Gasteiger partial charge in [0.25, 0.3) is 0 Å². The fraction of sp³-hybridized carbons (Fsp3) is 0.375. The van der Waals surface area contributed by atoms with Crippen molar-refractivity contribution in [3.8, 4) is 0 Å². The van der Waals surface area contributed by atoms with E-state index in [0.29, 0.717) is 0 Å². The average molecular weight is 244 g/mol. The lowest BCUT2D eigenvalue weighted by atomic mass is 10.2. The summed E-state index contributed by atoms with van der Waals surface area (Å²) < 4.78 is 0. The third kappa shape index (κ3) is 7.75. The Bertz CT molecular complexity index is 355. The van der Waals surface area contributed by atoms with Gasteiger partial charge in [-0.2, -0.15) is 0 Å². The molecular formula is C16H24Si. The predicted octanol–water partition coefficient (Wildman–Crippen LogP) is 5.37. The molecule has 1 aromatic carbocycles. The van der Waals surface area contributed by atoms with Gasteiger partial charge in [0.05, 0.1) is 0 Å². The van der Waals surface area contributed by atoms with E-state index in [1.54, 1.807) is 0 Å². The van der Waals surface area contributed by atoms with Gasteiger partial charge in [0.1, 0.15) is 0 Å². The molecule has 0 saturated heterocycles. The van der Waals surface area contributed by atoms with E-state index in [-0.39, 0.29) is 0 Å². The Labute approximate surface area is 107 Å². The Morgan fingerprint density at radius 3 is 2.18 bits per heavy atom. The second-order valence-electron chi connectivity index (χ2n) is 5.63. The van der Waals surface area contributed by atoms with Crippen LogP contribution in [0.5, 0.6) is 0 Å². The van der Waals surface area contributed by atoms with E-state index in [1.807, 2.05) is 0 Å². The number of unbranched alkanes of at least 4 members (excludes halogenated alkanes) is 1. The van der Waals surface area contributed by atoms with E-state index in [0.717, 1.165) is 12.8 Å². The number of hydrogen-bond acceptors (Lipinski definition) is 0. The zero-order chi connectivity index (χ0) is 12.6. The van der Waals surface area contributed by atoms with Crippen LogP contribution in [0.2, 0.25) is 25.7 Å². The Hall–Kier alpha value is -1.08. The smallest absolute Gasteiger partial charge is 0.0480 e. The minimum Gasteiger partial charge on any atom is -0.0912 e. The van der Waals surface area contributed by atoms with Crippen molar-refractivity contribution in [2.24, 2.45) is 0 Å². The number of benzene rings is 1. The molecule has 0 amide bonds. The minimum atomic E-state index is -0.883. The van der Waals surface area contributed by atoms with E-state index in [1.165, 1.54) is 11.6 Å². The first-order chi connectivity index (χ1) is 8.08.